The zero-order valence-electron chi connectivity index (χ0n) is 8.34. The van der Waals surface area contributed by atoms with Crippen LogP contribution >= 0.6 is 0 Å². The number of unbranched alkanes of at least 4 members (excludes halogenated alkanes) is 3. The molecule has 0 amide bonds. The molecule has 0 atom stereocenters. The molecule has 0 N–H and O–H groups in total. The van der Waals surface area contributed by atoms with Crippen molar-refractivity contribution in [2.24, 2.45) is 0 Å². The molecule has 13 heavy (non-hydrogen) atoms. The van der Waals surface area contributed by atoms with Gasteiger partial charge in [-0.15, -0.1) is 0 Å². The van der Waals surface area contributed by atoms with E-state index >= 15 is 0 Å². The van der Waals surface area contributed by atoms with Crippen molar-refractivity contribution < 1.29 is 9.53 Å². The topological polar surface area (TPSA) is 26.3 Å². The Morgan fingerprint density at radius 3 is 2.77 bits per heavy atom. The molecule has 74 valence electrons. The van der Waals surface area contributed by atoms with Gasteiger partial charge < -0.3 is 4.74 Å². The second-order valence-electron chi connectivity index (χ2n) is 3.58. The fourth-order valence-corrected chi connectivity index (χ4v) is 1.49. The van der Waals surface area contributed by atoms with Gasteiger partial charge >= 0.3 is 5.97 Å². The largest absolute Gasteiger partial charge is 0.435 e. The van der Waals surface area contributed by atoms with Crippen LogP contribution in [0.25, 0.3) is 0 Å². The average molecular weight is 182 g/mol. The molecule has 1 aliphatic rings. The highest BCUT2D eigenvalue weighted by molar-refractivity contribution is 5.71. The second-order valence-corrected chi connectivity index (χ2v) is 3.58. The van der Waals surface area contributed by atoms with E-state index in [1.807, 2.05) is 0 Å². The molecule has 0 unspecified atom stereocenters. The summed E-state index contributed by atoms with van der Waals surface area (Å²) < 4.78 is 4.85. The van der Waals surface area contributed by atoms with Gasteiger partial charge in [0.15, 0.2) is 0 Å². The van der Waals surface area contributed by atoms with Crippen LogP contribution in [0.15, 0.2) is 11.8 Å². The molecule has 0 fully saturated rings. The standard InChI is InChI=1S/C11H18O2/c1-2-3-4-5-6-10-7-8-11(12)13-9-10/h9H,2-8H2,1H3. The third-order valence-electron chi connectivity index (χ3n) is 2.36. The molecule has 0 aromatic rings. The maximum absolute atomic E-state index is 10.7. The van der Waals surface area contributed by atoms with Crippen molar-refractivity contribution in [2.45, 2.75) is 51.9 Å². The lowest BCUT2D eigenvalue weighted by atomic mass is 10.0. The van der Waals surface area contributed by atoms with Crippen LogP contribution in [0.3, 0.4) is 0 Å². The zero-order valence-corrected chi connectivity index (χ0v) is 8.34. The van der Waals surface area contributed by atoms with Gasteiger partial charge in [0.25, 0.3) is 0 Å². The van der Waals surface area contributed by atoms with Gasteiger partial charge in [0.05, 0.1) is 6.26 Å². The Kier molecular flexibility index (Phi) is 4.58. The van der Waals surface area contributed by atoms with Crippen LogP contribution in [-0.4, -0.2) is 5.97 Å². The number of hydrogen-bond donors (Lipinski definition) is 0. The zero-order chi connectivity index (χ0) is 9.52. The molecule has 2 heteroatoms. The quantitative estimate of drug-likeness (QED) is 0.482. The van der Waals surface area contributed by atoms with E-state index in [4.69, 9.17) is 4.74 Å². The lowest BCUT2D eigenvalue weighted by Crippen LogP contribution is -2.06. The molecule has 0 bridgehead atoms. The van der Waals surface area contributed by atoms with Crippen LogP contribution in [-0.2, 0) is 9.53 Å². The third kappa shape index (κ3) is 4.11. The normalized spacial score (nSPS) is 16.7. The molecule has 1 aliphatic heterocycles. The van der Waals surface area contributed by atoms with Gasteiger partial charge in [-0.1, -0.05) is 26.2 Å². The van der Waals surface area contributed by atoms with Gasteiger partial charge in [-0.2, -0.15) is 0 Å². The number of hydrogen-bond acceptors (Lipinski definition) is 2. The maximum Gasteiger partial charge on any atom is 0.310 e. The van der Waals surface area contributed by atoms with Crippen molar-refractivity contribution in [3.05, 3.63) is 11.8 Å². The van der Waals surface area contributed by atoms with Crippen molar-refractivity contribution >= 4 is 5.97 Å². The van der Waals surface area contributed by atoms with E-state index in [1.54, 1.807) is 6.26 Å². The molecule has 0 aliphatic carbocycles. The van der Waals surface area contributed by atoms with E-state index in [2.05, 4.69) is 6.92 Å². The highest BCUT2D eigenvalue weighted by Gasteiger charge is 2.10. The first-order valence-electron chi connectivity index (χ1n) is 5.20. The molecular weight excluding hydrogens is 164 g/mol. The molecule has 0 spiro atoms. The van der Waals surface area contributed by atoms with Gasteiger partial charge in [-0.3, -0.25) is 4.79 Å². The second kappa shape index (κ2) is 5.79. The van der Waals surface area contributed by atoms with Crippen LogP contribution < -0.4 is 0 Å². The lowest BCUT2D eigenvalue weighted by molar-refractivity contribution is -0.139. The first-order chi connectivity index (χ1) is 6.33. The van der Waals surface area contributed by atoms with Crippen molar-refractivity contribution in [3.8, 4) is 0 Å². The Balaban J connectivity index is 2.11. The van der Waals surface area contributed by atoms with Crippen LogP contribution in [0.1, 0.15) is 51.9 Å². The predicted octanol–water partition coefficient (Wildman–Crippen LogP) is 3.18. The van der Waals surface area contributed by atoms with Crippen molar-refractivity contribution in [3.63, 3.8) is 0 Å². The minimum absolute atomic E-state index is 0.0858. The number of ether oxygens (including phenoxy) is 1. The van der Waals surface area contributed by atoms with E-state index in [1.165, 1.54) is 31.3 Å². The van der Waals surface area contributed by atoms with Crippen molar-refractivity contribution in [1.29, 1.82) is 0 Å². The molecule has 1 heterocycles. The summed E-state index contributed by atoms with van der Waals surface area (Å²) in [6.07, 6.45) is 9.34. The van der Waals surface area contributed by atoms with Gasteiger partial charge in [0, 0.05) is 6.42 Å². The minimum atomic E-state index is -0.0858. The average Bonchev–Trinajstić information content (AvgIpc) is 2.15. The minimum Gasteiger partial charge on any atom is -0.435 e. The summed E-state index contributed by atoms with van der Waals surface area (Å²) in [5.74, 6) is -0.0858. The highest BCUT2D eigenvalue weighted by Crippen LogP contribution is 2.19. The number of esters is 1. The fourth-order valence-electron chi connectivity index (χ4n) is 1.49. The van der Waals surface area contributed by atoms with E-state index in [0.717, 1.165) is 12.8 Å². The molecule has 0 saturated heterocycles. The number of rotatable bonds is 5. The SMILES string of the molecule is CCCCCCC1=COC(=O)CC1. The van der Waals surface area contributed by atoms with Gasteiger partial charge in [0.1, 0.15) is 0 Å². The molecule has 0 radical (unpaired) electrons. The number of carbonyl (C=O) groups excluding carboxylic acids is 1. The van der Waals surface area contributed by atoms with E-state index in [9.17, 15) is 4.79 Å². The molecule has 0 saturated carbocycles. The maximum atomic E-state index is 10.7. The molecule has 0 aromatic carbocycles. The Labute approximate surface area is 80.0 Å². The Morgan fingerprint density at radius 1 is 1.31 bits per heavy atom. The lowest BCUT2D eigenvalue weighted by Gasteiger charge is -2.11. The summed E-state index contributed by atoms with van der Waals surface area (Å²) in [5, 5.41) is 0. The predicted molar refractivity (Wildman–Crippen MR) is 52.2 cm³/mol. The van der Waals surface area contributed by atoms with Crippen molar-refractivity contribution in [1.82, 2.24) is 0 Å². The first kappa shape index (κ1) is 10.3. The Bertz CT molecular complexity index is 194. The fraction of sp³-hybridized carbons (Fsp3) is 0.727. The molecule has 0 aromatic heterocycles. The van der Waals surface area contributed by atoms with E-state index in [-0.39, 0.29) is 5.97 Å². The highest BCUT2D eigenvalue weighted by atomic mass is 16.5. The number of carbonyl (C=O) groups is 1. The van der Waals surface area contributed by atoms with Crippen LogP contribution in [0.2, 0.25) is 0 Å². The summed E-state index contributed by atoms with van der Waals surface area (Å²) in [5.41, 5.74) is 1.30. The summed E-state index contributed by atoms with van der Waals surface area (Å²) in [7, 11) is 0. The Morgan fingerprint density at radius 2 is 2.15 bits per heavy atom. The van der Waals surface area contributed by atoms with Crippen LogP contribution in [0, 0.1) is 0 Å². The van der Waals surface area contributed by atoms with Gasteiger partial charge in [-0.25, -0.2) is 0 Å². The van der Waals surface area contributed by atoms with E-state index in [0.29, 0.717) is 6.42 Å². The summed E-state index contributed by atoms with van der Waals surface area (Å²) in [6.45, 7) is 2.21. The van der Waals surface area contributed by atoms with Gasteiger partial charge in [0.2, 0.25) is 0 Å². The number of cyclic esters (lactones) is 1. The summed E-state index contributed by atoms with van der Waals surface area (Å²) in [4.78, 5) is 10.7. The third-order valence-corrected chi connectivity index (χ3v) is 2.36. The van der Waals surface area contributed by atoms with E-state index < -0.39 is 0 Å². The summed E-state index contributed by atoms with van der Waals surface area (Å²) in [6, 6.07) is 0. The number of allylic oxidation sites excluding steroid dienone is 1. The van der Waals surface area contributed by atoms with Crippen molar-refractivity contribution in [2.75, 3.05) is 0 Å². The summed E-state index contributed by atoms with van der Waals surface area (Å²) >= 11 is 0. The molecular formula is C11H18O2. The monoisotopic (exact) mass is 182 g/mol. The van der Waals surface area contributed by atoms with Crippen LogP contribution in [0.4, 0.5) is 0 Å². The first-order valence-corrected chi connectivity index (χ1v) is 5.20. The van der Waals surface area contributed by atoms with Gasteiger partial charge in [-0.05, 0) is 24.8 Å². The van der Waals surface area contributed by atoms with Crippen LogP contribution in [0.5, 0.6) is 0 Å². The molecule has 1 rings (SSSR count). The Hall–Kier alpha value is -0.790. The molecule has 2 nitrogen and oxygen atoms in total. The smallest absolute Gasteiger partial charge is 0.310 e.